The lowest BCUT2D eigenvalue weighted by Crippen LogP contribution is -2.56. The van der Waals surface area contributed by atoms with Gasteiger partial charge in [-0.1, -0.05) is 64.2 Å². The fourth-order valence-corrected chi connectivity index (χ4v) is 15.5. The molecular formula is C51H85N9. The monoisotopic (exact) mass is 824 g/mol. The zero-order chi connectivity index (χ0) is 42.5. The second-order valence-corrected chi connectivity index (χ2v) is 22.1. The molecule has 0 spiro atoms. The Labute approximate surface area is 366 Å². The number of likely N-dealkylation sites (tertiary alicyclic amines) is 5. The van der Waals surface area contributed by atoms with Crippen molar-refractivity contribution in [3.63, 3.8) is 0 Å². The Morgan fingerprint density at radius 2 is 0.717 bits per heavy atom. The van der Waals surface area contributed by atoms with Gasteiger partial charge >= 0.3 is 0 Å². The van der Waals surface area contributed by atoms with E-state index < -0.39 is 0 Å². The molecule has 0 aromatic carbocycles. The smallest absolute Gasteiger partial charge is 0.0689 e. The molecule has 8 aliphatic rings. The van der Waals surface area contributed by atoms with Gasteiger partial charge in [-0.15, -0.1) is 0 Å². The Balaban J connectivity index is 0.796. The van der Waals surface area contributed by atoms with Gasteiger partial charge in [-0.25, -0.2) is 0 Å². The van der Waals surface area contributed by atoms with Crippen LogP contribution in [-0.4, -0.2) is 185 Å². The van der Waals surface area contributed by atoms with Crippen molar-refractivity contribution in [3.8, 4) is 0 Å². The van der Waals surface area contributed by atoms with Crippen molar-refractivity contribution < 1.29 is 0 Å². The van der Waals surface area contributed by atoms with Crippen LogP contribution in [-0.2, 0) is 7.05 Å². The van der Waals surface area contributed by atoms with Gasteiger partial charge in [0.1, 0.15) is 0 Å². The van der Waals surface area contributed by atoms with Crippen LogP contribution in [0.2, 0.25) is 0 Å². The van der Waals surface area contributed by atoms with Gasteiger partial charge < -0.3 is 4.57 Å². The van der Waals surface area contributed by atoms with E-state index in [0.29, 0.717) is 78.5 Å². The highest BCUT2D eigenvalue weighted by molar-refractivity contribution is 5.32. The van der Waals surface area contributed by atoms with Crippen molar-refractivity contribution in [1.29, 1.82) is 0 Å². The van der Waals surface area contributed by atoms with E-state index in [0.717, 1.165) is 30.0 Å². The Bertz CT molecular complexity index is 1750. The topological polar surface area (TPSA) is 30.9 Å². The lowest BCUT2D eigenvalue weighted by atomic mass is 10.0. The van der Waals surface area contributed by atoms with Crippen LogP contribution in [0.1, 0.15) is 115 Å². The molecule has 1 aromatic heterocycles. The summed E-state index contributed by atoms with van der Waals surface area (Å²) in [4.78, 5) is 21.9. The molecule has 9 rings (SSSR count). The van der Waals surface area contributed by atoms with Gasteiger partial charge in [0, 0.05) is 103 Å². The van der Waals surface area contributed by atoms with Gasteiger partial charge in [0.05, 0.1) is 12.1 Å². The maximum atomic E-state index is 2.83. The van der Waals surface area contributed by atoms with Crippen molar-refractivity contribution in [2.24, 2.45) is 18.9 Å². The summed E-state index contributed by atoms with van der Waals surface area (Å²) in [6, 6.07) is 13.8. The van der Waals surface area contributed by atoms with E-state index in [1.165, 1.54) is 75.6 Å². The van der Waals surface area contributed by atoms with Gasteiger partial charge in [0.2, 0.25) is 0 Å². The van der Waals surface area contributed by atoms with E-state index in [-0.39, 0.29) is 0 Å². The minimum absolute atomic E-state index is 0.291. The Morgan fingerprint density at radius 3 is 1.23 bits per heavy atom. The molecule has 0 bridgehead atoms. The molecule has 5 fully saturated rings. The highest BCUT2D eigenvalue weighted by atomic mass is 15.4. The average Bonchev–Trinajstić information content (AvgIpc) is 4.08. The first-order valence-corrected chi connectivity index (χ1v) is 24.6. The zero-order valence-electron chi connectivity index (χ0n) is 40.1. The van der Waals surface area contributed by atoms with Gasteiger partial charge in [0.15, 0.2) is 0 Å². The van der Waals surface area contributed by atoms with Crippen LogP contribution >= 0.6 is 0 Å². The first-order valence-electron chi connectivity index (χ1n) is 24.6. The third-order valence-electron chi connectivity index (χ3n) is 19.1. The van der Waals surface area contributed by atoms with Crippen LogP contribution in [0.4, 0.5) is 0 Å². The molecule has 9 heteroatoms. The molecule has 16 atom stereocenters. The summed E-state index contributed by atoms with van der Waals surface area (Å²) in [5, 5.41) is 0. The molecule has 9 heterocycles. The maximum Gasteiger partial charge on any atom is 0.0689 e. The summed E-state index contributed by atoms with van der Waals surface area (Å²) in [6.07, 6.45) is 28.5. The van der Waals surface area contributed by atoms with Crippen molar-refractivity contribution in [3.05, 3.63) is 60.0 Å². The minimum Gasteiger partial charge on any atom is -0.348 e. The van der Waals surface area contributed by atoms with Gasteiger partial charge in [-0.3, -0.25) is 39.2 Å². The first-order chi connectivity index (χ1) is 28.7. The number of rotatable bonds is 10. The summed E-state index contributed by atoms with van der Waals surface area (Å²) >= 11 is 0. The van der Waals surface area contributed by atoms with Crippen LogP contribution in [0, 0.1) is 11.8 Å². The quantitative estimate of drug-likeness (QED) is 0.241. The summed E-state index contributed by atoms with van der Waals surface area (Å²) in [7, 11) is 21.6. The molecule has 0 aliphatic carbocycles. The van der Waals surface area contributed by atoms with Crippen LogP contribution in [0.25, 0.3) is 0 Å². The first kappa shape index (κ1) is 43.4. The minimum atomic E-state index is 0.291. The molecular weight excluding hydrogens is 739 g/mol. The van der Waals surface area contributed by atoms with Crippen molar-refractivity contribution in [2.75, 3.05) is 56.4 Å². The van der Waals surface area contributed by atoms with Crippen LogP contribution in [0.5, 0.6) is 0 Å². The number of hydrogen-bond acceptors (Lipinski definition) is 8. The van der Waals surface area contributed by atoms with Crippen molar-refractivity contribution in [2.45, 2.75) is 189 Å². The second kappa shape index (κ2) is 17.0. The SMILES string of the molecule is CC(C)C1CCC(C2CCC(c3ccc(C4C=CC(C5C=CC(C6C=CC(C7CCC(C8CCC(C9CCC(C(C)C)N9C)N8C)N7C)N6C)N5C)N4C)n3C)N2C)N1C. The molecule has 8 aliphatic heterocycles. The Hall–Kier alpha value is -1.82. The fourth-order valence-electron chi connectivity index (χ4n) is 15.5. The third kappa shape index (κ3) is 7.10. The van der Waals surface area contributed by atoms with E-state index in [4.69, 9.17) is 0 Å². The average molecular weight is 824 g/mol. The number of nitrogens with zero attached hydrogens (tertiary/aromatic N) is 9. The van der Waals surface area contributed by atoms with E-state index in [1.807, 2.05) is 0 Å². The molecule has 0 saturated carbocycles. The lowest BCUT2D eigenvalue weighted by Gasteiger charge is -2.42. The highest BCUT2D eigenvalue weighted by Crippen LogP contribution is 2.45. The maximum absolute atomic E-state index is 2.83. The molecule has 0 radical (unpaired) electrons. The zero-order valence-corrected chi connectivity index (χ0v) is 40.1. The molecule has 9 nitrogen and oxygen atoms in total. The molecule has 1 aromatic rings. The molecule has 334 valence electrons. The highest BCUT2D eigenvalue weighted by Gasteiger charge is 2.51. The van der Waals surface area contributed by atoms with Crippen molar-refractivity contribution >= 4 is 0 Å². The molecule has 16 unspecified atom stereocenters. The van der Waals surface area contributed by atoms with Crippen LogP contribution < -0.4 is 0 Å². The van der Waals surface area contributed by atoms with E-state index in [2.05, 4.69) is 183 Å². The Morgan fingerprint density at radius 1 is 0.350 bits per heavy atom. The van der Waals surface area contributed by atoms with E-state index in [1.54, 1.807) is 0 Å². The van der Waals surface area contributed by atoms with E-state index in [9.17, 15) is 0 Å². The molecule has 5 saturated heterocycles. The lowest BCUT2D eigenvalue weighted by molar-refractivity contribution is 0.0666. The summed E-state index contributed by atoms with van der Waals surface area (Å²) in [5.41, 5.74) is 2.91. The van der Waals surface area contributed by atoms with E-state index >= 15 is 0 Å². The third-order valence-corrected chi connectivity index (χ3v) is 19.1. The van der Waals surface area contributed by atoms with Crippen molar-refractivity contribution in [1.82, 2.24) is 43.8 Å². The molecule has 60 heavy (non-hydrogen) atoms. The number of likely N-dealkylation sites (N-methyl/N-ethyl adjacent to an activating group) is 8. The van der Waals surface area contributed by atoms with Crippen LogP contribution in [0.15, 0.2) is 48.6 Å². The largest absolute Gasteiger partial charge is 0.348 e. The predicted molar refractivity (Wildman–Crippen MR) is 249 cm³/mol. The van der Waals surface area contributed by atoms with Gasteiger partial charge in [-0.05, 0) is 145 Å². The molecule has 0 N–H and O–H groups in total. The van der Waals surface area contributed by atoms with Crippen LogP contribution in [0.3, 0.4) is 0 Å². The summed E-state index contributed by atoms with van der Waals surface area (Å²) in [6.45, 7) is 9.63. The summed E-state index contributed by atoms with van der Waals surface area (Å²) < 4.78 is 2.55. The fraction of sp³-hybridized carbons (Fsp3) is 0.804. The standard InChI is InChI=1S/C51H85N9/c1-32(2)34-14-16-36(52(34)5)38-18-20-40(54(38)7)42-22-24-44(56(42)9)46-26-28-48(58(46)11)50-30-31-51(60(50)13)49-29-27-47(59(49)12)45-25-23-43(57(45)10)41-21-19-39(55(41)8)37-17-15-35(33(3)4)53(37)6/h22,24,26-41,43,45-51H,14-21,23,25H2,1-13H3. The van der Waals surface area contributed by atoms with Gasteiger partial charge in [-0.2, -0.15) is 0 Å². The predicted octanol–water partition coefficient (Wildman–Crippen LogP) is 6.71. The molecule has 0 amide bonds. The second-order valence-electron chi connectivity index (χ2n) is 22.1. The Kier molecular flexibility index (Phi) is 12.3. The number of hydrogen-bond donors (Lipinski definition) is 0. The summed E-state index contributed by atoms with van der Waals surface area (Å²) in [5.74, 6) is 1.48. The normalized spacial score (nSPS) is 44.3. The number of aromatic nitrogens is 1. The van der Waals surface area contributed by atoms with Gasteiger partial charge in [0.25, 0.3) is 0 Å².